The van der Waals surface area contributed by atoms with Gasteiger partial charge in [0.05, 0.1) is 14.2 Å². The second-order valence-corrected chi connectivity index (χ2v) is 4.81. The van der Waals surface area contributed by atoms with Gasteiger partial charge in [0.2, 0.25) is 0 Å². The van der Waals surface area contributed by atoms with Gasteiger partial charge >= 0.3 is 11.9 Å². The molecule has 0 radical (unpaired) electrons. The Morgan fingerprint density at radius 3 is 2.28 bits per heavy atom. The lowest BCUT2D eigenvalue weighted by molar-refractivity contribution is -0.141. The molecule has 0 saturated carbocycles. The third kappa shape index (κ3) is 7.76. The first-order chi connectivity index (χ1) is 8.30. The van der Waals surface area contributed by atoms with Crippen molar-refractivity contribution in [1.82, 2.24) is 0 Å². The molecule has 9 heteroatoms. The molecule has 0 aromatic rings. The Labute approximate surface area is 104 Å². The van der Waals surface area contributed by atoms with Crippen LogP contribution in [0.25, 0.3) is 0 Å². The molecular weight excluding hydrogens is 268 g/mol. The van der Waals surface area contributed by atoms with E-state index in [-0.39, 0.29) is 0 Å². The van der Waals surface area contributed by atoms with Gasteiger partial charge in [-0.05, 0) is 0 Å². The summed E-state index contributed by atoms with van der Waals surface area (Å²) in [5.41, 5.74) is 0. The van der Waals surface area contributed by atoms with E-state index >= 15 is 0 Å². The van der Waals surface area contributed by atoms with Crippen LogP contribution in [0.3, 0.4) is 0 Å². The maximum Gasteiger partial charge on any atom is 0.331 e. The van der Waals surface area contributed by atoms with Crippen LogP contribution in [0.1, 0.15) is 0 Å². The van der Waals surface area contributed by atoms with Crippen LogP contribution in [-0.2, 0) is 33.4 Å². The maximum absolute atomic E-state index is 11.0. The van der Waals surface area contributed by atoms with Gasteiger partial charge in [0.15, 0.2) is 0 Å². The normalized spacial score (nSPS) is 13.3. The van der Waals surface area contributed by atoms with Gasteiger partial charge in [-0.15, -0.1) is 0 Å². The van der Waals surface area contributed by atoms with Crippen molar-refractivity contribution in [3.63, 3.8) is 0 Å². The minimum Gasteiger partial charge on any atom is -0.466 e. The zero-order chi connectivity index (χ0) is 14.2. The number of carbonyl (C=O) groups is 2. The first-order valence-corrected chi connectivity index (χ1v) is 6.27. The predicted octanol–water partition coefficient (Wildman–Crippen LogP) is -1.40. The molecule has 1 N–H and O–H groups in total. The smallest absolute Gasteiger partial charge is 0.331 e. The molecule has 0 amide bonds. The van der Waals surface area contributed by atoms with E-state index in [0.717, 1.165) is 26.4 Å². The molecule has 0 bridgehead atoms. The van der Waals surface area contributed by atoms with E-state index in [9.17, 15) is 23.1 Å². The van der Waals surface area contributed by atoms with Crippen molar-refractivity contribution in [2.75, 3.05) is 26.6 Å². The quantitative estimate of drug-likeness (QED) is 0.344. The summed E-state index contributed by atoms with van der Waals surface area (Å²) in [4.78, 5) is 21.6. The number of aliphatic hydroxyl groups excluding tert-OH is 1. The van der Waals surface area contributed by atoms with E-state index in [1.165, 1.54) is 0 Å². The lowest BCUT2D eigenvalue weighted by atomic mass is 10.4. The molecule has 8 nitrogen and oxygen atoms in total. The van der Waals surface area contributed by atoms with E-state index in [1.54, 1.807) is 0 Å². The summed E-state index contributed by atoms with van der Waals surface area (Å²) < 4.78 is 34.6. The van der Waals surface area contributed by atoms with Gasteiger partial charge in [-0.1, -0.05) is 0 Å². The summed E-state index contributed by atoms with van der Waals surface area (Å²) in [5, 5.41) is 9.24. The third-order valence-electron chi connectivity index (χ3n) is 1.63. The molecule has 1 unspecified atom stereocenters. The van der Waals surface area contributed by atoms with E-state index in [2.05, 4.69) is 13.7 Å². The Kier molecular flexibility index (Phi) is 7.17. The predicted molar refractivity (Wildman–Crippen MR) is 58.9 cm³/mol. The molecule has 1 atom stereocenters. The van der Waals surface area contributed by atoms with Crippen molar-refractivity contribution in [3.8, 4) is 0 Å². The Hall–Kier alpha value is -1.45. The van der Waals surface area contributed by atoms with Crippen molar-refractivity contribution in [2.24, 2.45) is 0 Å². The van der Waals surface area contributed by atoms with Crippen LogP contribution in [0.5, 0.6) is 0 Å². The first-order valence-electron chi connectivity index (χ1n) is 4.70. The van der Waals surface area contributed by atoms with Gasteiger partial charge in [0.25, 0.3) is 10.1 Å². The van der Waals surface area contributed by atoms with Crippen LogP contribution in [0.15, 0.2) is 12.2 Å². The van der Waals surface area contributed by atoms with E-state index < -0.39 is 40.5 Å². The van der Waals surface area contributed by atoms with Gasteiger partial charge < -0.3 is 14.6 Å². The van der Waals surface area contributed by atoms with Gasteiger partial charge in [-0.25, -0.2) is 9.59 Å². The van der Waals surface area contributed by atoms with Gasteiger partial charge in [-0.3, -0.25) is 4.18 Å². The average molecular weight is 282 g/mol. The molecule has 0 saturated heterocycles. The summed E-state index contributed by atoms with van der Waals surface area (Å²) in [6.45, 7) is -0.535. The third-order valence-corrected chi connectivity index (χ3v) is 2.93. The topological polar surface area (TPSA) is 116 Å². The van der Waals surface area contributed by atoms with Crippen molar-refractivity contribution >= 4 is 22.1 Å². The monoisotopic (exact) mass is 282 g/mol. The number of carbonyl (C=O) groups excluding carboxylic acids is 2. The zero-order valence-corrected chi connectivity index (χ0v) is 10.7. The van der Waals surface area contributed by atoms with Crippen LogP contribution in [0.2, 0.25) is 0 Å². The minimum atomic E-state index is -3.83. The molecule has 0 aliphatic heterocycles. The van der Waals surface area contributed by atoms with Crippen LogP contribution >= 0.6 is 0 Å². The lowest BCUT2D eigenvalue weighted by Crippen LogP contribution is -2.27. The van der Waals surface area contributed by atoms with Gasteiger partial charge in [0.1, 0.15) is 18.5 Å². The molecule has 0 fully saturated rings. The Balaban J connectivity index is 4.07. The molecule has 0 spiro atoms. The number of ether oxygens (including phenoxy) is 2. The fourth-order valence-electron chi connectivity index (χ4n) is 0.782. The standard InChI is InChI=1S/C9H14O8S/c1-15-8(11)3-4-9(12)17-5-7(10)6-18(13,14)16-2/h3-4,7,10H,5-6H2,1-2H3. The highest BCUT2D eigenvalue weighted by Gasteiger charge is 2.17. The minimum absolute atomic E-state index is 0.535. The number of rotatable bonds is 7. The average Bonchev–Trinajstić information content (AvgIpc) is 2.32. The van der Waals surface area contributed by atoms with Crippen LogP contribution in [0, 0.1) is 0 Å². The first kappa shape index (κ1) is 16.6. The van der Waals surface area contributed by atoms with Crippen molar-refractivity contribution in [1.29, 1.82) is 0 Å². The Morgan fingerprint density at radius 1 is 1.22 bits per heavy atom. The van der Waals surface area contributed by atoms with Crippen molar-refractivity contribution in [2.45, 2.75) is 6.10 Å². The number of hydrogen-bond acceptors (Lipinski definition) is 8. The number of methoxy groups -OCH3 is 1. The summed E-state index contributed by atoms with van der Waals surface area (Å²) in [6.07, 6.45) is 0.217. The van der Waals surface area contributed by atoms with E-state index in [1.807, 2.05) is 0 Å². The lowest BCUT2D eigenvalue weighted by Gasteiger charge is -2.09. The van der Waals surface area contributed by atoms with Crippen LogP contribution in [0.4, 0.5) is 0 Å². The summed E-state index contributed by atoms with van der Waals surface area (Å²) in [7, 11) is -1.74. The molecular formula is C9H14O8S. The molecule has 0 heterocycles. The Bertz CT molecular complexity index is 410. The molecule has 104 valence electrons. The van der Waals surface area contributed by atoms with Crippen molar-refractivity contribution < 1.29 is 36.8 Å². The second kappa shape index (κ2) is 7.80. The van der Waals surface area contributed by atoms with Crippen molar-refractivity contribution in [3.05, 3.63) is 12.2 Å². The maximum atomic E-state index is 11.0. The summed E-state index contributed by atoms with van der Waals surface area (Å²) >= 11 is 0. The Morgan fingerprint density at radius 2 is 1.78 bits per heavy atom. The SMILES string of the molecule is COC(=O)C=CC(=O)OCC(O)CS(=O)(=O)OC. The fraction of sp³-hybridized carbons (Fsp3) is 0.556. The largest absolute Gasteiger partial charge is 0.466 e. The van der Waals surface area contributed by atoms with Crippen LogP contribution in [-0.4, -0.2) is 58.1 Å². The molecule has 0 aliphatic carbocycles. The number of aliphatic hydroxyl groups is 1. The highest BCUT2D eigenvalue weighted by Crippen LogP contribution is 1.97. The molecule has 0 aliphatic rings. The fourth-order valence-corrected chi connectivity index (χ4v) is 1.49. The zero-order valence-electron chi connectivity index (χ0n) is 9.86. The second-order valence-electron chi connectivity index (χ2n) is 3.03. The van der Waals surface area contributed by atoms with Gasteiger partial charge in [-0.2, -0.15) is 8.42 Å². The number of esters is 2. The van der Waals surface area contributed by atoms with E-state index in [0.29, 0.717) is 0 Å². The van der Waals surface area contributed by atoms with E-state index in [4.69, 9.17) is 0 Å². The molecule has 0 rings (SSSR count). The summed E-state index contributed by atoms with van der Waals surface area (Å²) in [5.74, 6) is -2.35. The van der Waals surface area contributed by atoms with Gasteiger partial charge in [0, 0.05) is 12.2 Å². The molecule has 18 heavy (non-hydrogen) atoms. The molecule has 0 aromatic carbocycles. The van der Waals surface area contributed by atoms with Crippen LogP contribution < -0.4 is 0 Å². The molecule has 0 aromatic heterocycles. The number of hydrogen-bond donors (Lipinski definition) is 1. The highest BCUT2D eigenvalue weighted by atomic mass is 32.2. The highest BCUT2D eigenvalue weighted by molar-refractivity contribution is 7.86. The summed E-state index contributed by atoms with van der Waals surface area (Å²) in [6, 6.07) is 0.